The van der Waals surface area contributed by atoms with E-state index in [0.717, 1.165) is 4.57 Å². The summed E-state index contributed by atoms with van der Waals surface area (Å²) < 4.78 is 37.9. The second-order valence-corrected chi connectivity index (χ2v) is 9.58. The first-order valence-electron chi connectivity index (χ1n) is 9.82. The molecule has 3 aromatic rings. The van der Waals surface area contributed by atoms with Crippen LogP contribution in [0.15, 0.2) is 63.1 Å². The van der Waals surface area contributed by atoms with Crippen molar-refractivity contribution in [2.45, 2.75) is 30.2 Å². The van der Waals surface area contributed by atoms with Crippen LogP contribution in [0.4, 0.5) is 5.69 Å². The Hall–Kier alpha value is -3.30. The van der Waals surface area contributed by atoms with E-state index >= 15 is 0 Å². The lowest BCUT2D eigenvalue weighted by Crippen LogP contribution is -2.33. The standard InChI is InChI=1S/C23H23ClN2O6S/c1-14-11-15(2)26(13-21(27)25-19-12-17(31-3)7-10-20(19)32-4)23(28)22(14)33(29,30)18-8-5-16(24)6-9-18/h5-12H,13H2,1-4H3,(H,25,27). The molecule has 0 aliphatic heterocycles. The van der Waals surface area contributed by atoms with Gasteiger partial charge in [-0.25, -0.2) is 8.42 Å². The minimum atomic E-state index is -4.13. The summed E-state index contributed by atoms with van der Waals surface area (Å²) in [4.78, 5) is 25.6. The average Bonchev–Trinajstić information content (AvgIpc) is 2.76. The van der Waals surface area contributed by atoms with E-state index in [1.165, 1.54) is 38.5 Å². The molecule has 0 aliphatic rings. The third kappa shape index (κ3) is 5.04. The SMILES string of the molecule is COc1ccc(OC)c(NC(=O)Cn2c(C)cc(C)c(S(=O)(=O)c3ccc(Cl)cc3)c2=O)c1. The van der Waals surface area contributed by atoms with Gasteiger partial charge in [-0.05, 0) is 61.9 Å². The molecule has 0 aliphatic carbocycles. The van der Waals surface area contributed by atoms with Crippen molar-refractivity contribution in [3.8, 4) is 11.5 Å². The van der Waals surface area contributed by atoms with Crippen molar-refractivity contribution >= 4 is 33.0 Å². The Labute approximate surface area is 196 Å². The molecule has 0 atom stereocenters. The van der Waals surface area contributed by atoms with Crippen LogP contribution in [0.1, 0.15) is 11.3 Å². The largest absolute Gasteiger partial charge is 0.497 e. The van der Waals surface area contributed by atoms with Crippen LogP contribution in [0.5, 0.6) is 11.5 Å². The molecule has 0 unspecified atom stereocenters. The number of ether oxygens (including phenoxy) is 2. The smallest absolute Gasteiger partial charge is 0.270 e. The molecule has 1 heterocycles. The Balaban J connectivity index is 1.99. The molecule has 0 saturated heterocycles. The fourth-order valence-corrected chi connectivity index (χ4v) is 5.09. The summed E-state index contributed by atoms with van der Waals surface area (Å²) in [6, 6.07) is 12.0. The molecule has 0 bridgehead atoms. The molecule has 10 heteroatoms. The number of halogens is 1. The molecule has 0 spiro atoms. The van der Waals surface area contributed by atoms with Crippen LogP contribution in [-0.2, 0) is 21.2 Å². The third-order valence-corrected chi connectivity index (χ3v) is 7.20. The number of aryl methyl sites for hydroxylation is 2. The van der Waals surface area contributed by atoms with Gasteiger partial charge in [-0.2, -0.15) is 0 Å². The molecule has 33 heavy (non-hydrogen) atoms. The van der Waals surface area contributed by atoms with E-state index in [2.05, 4.69) is 5.32 Å². The summed E-state index contributed by atoms with van der Waals surface area (Å²) in [5, 5.41) is 3.05. The Morgan fingerprint density at radius 1 is 1.03 bits per heavy atom. The Kier molecular flexibility index (Phi) is 7.14. The van der Waals surface area contributed by atoms with E-state index < -0.39 is 27.8 Å². The van der Waals surface area contributed by atoms with Crippen LogP contribution in [0, 0.1) is 13.8 Å². The topological polar surface area (TPSA) is 104 Å². The molecule has 1 aromatic heterocycles. The van der Waals surface area contributed by atoms with Gasteiger partial charge in [0, 0.05) is 16.8 Å². The zero-order valence-corrected chi connectivity index (χ0v) is 20.1. The van der Waals surface area contributed by atoms with Crippen molar-refractivity contribution < 1.29 is 22.7 Å². The third-order valence-electron chi connectivity index (χ3n) is 5.02. The van der Waals surface area contributed by atoms with Crippen LogP contribution in [-0.4, -0.2) is 33.1 Å². The van der Waals surface area contributed by atoms with Gasteiger partial charge in [-0.3, -0.25) is 9.59 Å². The number of carbonyl (C=O) groups is 1. The lowest BCUT2D eigenvalue weighted by molar-refractivity contribution is -0.116. The number of sulfone groups is 1. The molecule has 174 valence electrons. The number of nitrogens with one attached hydrogen (secondary N) is 1. The lowest BCUT2D eigenvalue weighted by Gasteiger charge is -2.16. The van der Waals surface area contributed by atoms with Crippen molar-refractivity contribution in [1.82, 2.24) is 4.57 Å². The second-order valence-electron chi connectivity index (χ2n) is 7.26. The summed E-state index contributed by atoms with van der Waals surface area (Å²) in [6.45, 7) is 2.78. The number of methoxy groups -OCH3 is 2. The van der Waals surface area contributed by atoms with E-state index in [9.17, 15) is 18.0 Å². The maximum absolute atomic E-state index is 13.2. The van der Waals surface area contributed by atoms with Gasteiger partial charge < -0.3 is 19.4 Å². The predicted molar refractivity (Wildman–Crippen MR) is 125 cm³/mol. The van der Waals surface area contributed by atoms with E-state index in [-0.39, 0.29) is 9.79 Å². The van der Waals surface area contributed by atoms with Gasteiger partial charge in [-0.15, -0.1) is 0 Å². The van der Waals surface area contributed by atoms with Gasteiger partial charge >= 0.3 is 0 Å². The van der Waals surface area contributed by atoms with E-state index in [4.69, 9.17) is 21.1 Å². The molecule has 0 fully saturated rings. The summed E-state index contributed by atoms with van der Waals surface area (Å²) in [6.07, 6.45) is 0. The van der Waals surface area contributed by atoms with Gasteiger partial charge in [0.2, 0.25) is 15.7 Å². The lowest BCUT2D eigenvalue weighted by atomic mass is 10.2. The number of rotatable bonds is 7. The molecule has 2 aromatic carbocycles. The minimum Gasteiger partial charge on any atom is -0.497 e. The maximum Gasteiger partial charge on any atom is 0.270 e. The molecule has 0 saturated carbocycles. The van der Waals surface area contributed by atoms with Crippen molar-refractivity contribution in [2.75, 3.05) is 19.5 Å². The number of nitrogens with zero attached hydrogens (tertiary/aromatic N) is 1. The highest BCUT2D eigenvalue weighted by Crippen LogP contribution is 2.29. The highest BCUT2D eigenvalue weighted by Gasteiger charge is 2.26. The zero-order valence-electron chi connectivity index (χ0n) is 18.5. The second kappa shape index (κ2) is 9.68. The maximum atomic E-state index is 13.2. The Bertz CT molecular complexity index is 1360. The van der Waals surface area contributed by atoms with E-state index in [1.807, 2.05) is 0 Å². The van der Waals surface area contributed by atoms with Crippen molar-refractivity contribution in [2.24, 2.45) is 0 Å². The summed E-state index contributed by atoms with van der Waals surface area (Å²) >= 11 is 5.86. The summed E-state index contributed by atoms with van der Waals surface area (Å²) in [5.74, 6) is 0.375. The predicted octanol–water partition coefficient (Wildman–Crippen LogP) is 3.61. The van der Waals surface area contributed by atoms with Crippen molar-refractivity contribution in [3.05, 3.63) is 75.2 Å². The van der Waals surface area contributed by atoms with Crippen LogP contribution < -0.4 is 20.3 Å². The van der Waals surface area contributed by atoms with Crippen molar-refractivity contribution in [3.63, 3.8) is 0 Å². The number of pyridine rings is 1. The van der Waals surface area contributed by atoms with Gasteiger partial charge in [0.25, 0.3) is 5.56 Å². The van der Waals surface area contributed by atoms with Crippen LogP contribution >= 0.6 is 11.6 Å². The molecule has 0 radical (unpaired) electrons. The number of anilines is 1. The monoisotopic (exact) mass is 490 g/mol. The number of carbonyl (C=O) groups excluding carboxylic acids is 1. The zero-order chi connectivity index (χ0) is 24.3. The number of aromatic nitrogens is 1. The number of benzene rings is 2. The number of hydrogen-bond donors (Lipinski definition) is 1. The number of hydrogen-bond acceptors (Lipinski definition) is 6. The van der Waals surface area contributed by atoms with Crippen LogP contribution in [0.25, 0.3) is 0 Å². The Morgan fingerprint density at radius 2 is 1.70 bits per heavy atom. The first-order valence-corrected chi connectivity index (χ1v) is 11.7. The minimum absolute atomic E-state index is 0.0620. The molecule has 8 nitrogen and oxygen atoms in total. The first-order chi connectivity index (χ1) is 15.6. The van der Waals surface area contributed by atoms with Crippen LogP contribution in [0.2, 0.25) is 5.02 Å². The fraction of sp³-hybridized carbons (Fsp3) is 0.217. The molecular formula is C23H23ClN2O6S. The summed E-state index contributed by atoms with van der Waals surface area (Å²) in [7, 11) is -1.18. The first kappa shape index (κ1) is 24.3. The van der Waals surface area contributed by atoms with Gasteiger partial charge in [0.15, 0.2) is 0 Å². The van der Waals surface area contributed by atoms with Crippen LogP contribution in [0.3, 0.4) is 0 Å². The molecule has 3 rings (SSSR count). The number of amides is 1. The molecule has 1 N–H and O–H groups in total. The average molecular weight is 491 g/mol. The van der Waals surface area contributed by atoms with Gasteiger partial charge in [0.1, 0.15) is 22.9 Å². The quantitative estimate of drug-likeness (QED) is 0.542. The van der Waals surface area contributed by atoms with Crippen molar-refractivity contribution in [1.29, 1.82) is 0 Å². The highest BCUT2D eigenvalue weighted by atomic mass is 35.5. The molecule has 1 amide bonds. The van der Waals surface area contributed by atoms with E-state index in [0.29, 0.717) is 33.5 Å². The fourth-order valence-electron chi connectivity index (χ4n) is 3.41. The normalized spacial score (nSPS) is 11.2. The molecular weight excluding hydrogens is 468 g/mol. The van der Waals surface area contributed by atoms with Gasteiger partial charge in [-0.1, -0.05) is 11.6 Å². The van der Waals surface area contributed by atoms with Gasteiger partial charge in [0.05, 0.1) is 24.8 Å². The van der Waals surface area contributed by atoms with E-state index in [1.54, 1.807) is 38.1 Å². The highest BCUT2D eigenvalue weighted by molar-refractivity contribution is 7.91. The summed E-state index contributed by atoms with van der Waals surface area (Å²) in [5.41, 5.74) is 0.308. The Morgan fingerprint density at radius 3 is 2.30 bits per heavy atom.